The van der Waals surface area contributed by atoms with Crippen molar-refractivity contribution >= 4 is 56.3 Å². The van der Waals surface area contributed by atoms with Crippen LogP contribution in [0.3, 0.4) is 0 Å². The molecule has 1 heterocycles. The summed E-state index contributed by atoms with van der Waals surface area (Å²) < 4.78 is 1.87. The fourth-order valence-corrected chi connectivity index (χ4v) is 3.18. The summed E-state index contributed by atoms with van der Waals surface area (Å²) in [6, 6.07) is 3.79. The Labute approximate surface area is 93.3 Å². The molecule has 0 radical (unpaired) electrons. The van der Waals surface area contributed by atoms with Crippen LogP contribution in [0.1, 0.15) is 10.4 Å². The maximum atomic E-state index is 10.8. The highest BCUT2D eigenvalue weighted by Gasteiger charge is 2.08. The van der Waals surface area contributed by atoms with Crippen LogP contribution < -0.4 is 0 Å². The predicted molar refractivity (Wildman–Crippen MR) is 62.2 cm³/mol. The van der Waals surface area contributed by atoms with Crippen LogP contribution in [0.4, 0.5) is 0 Å². The number of carbonyl (C=O) groups excluding carboxylic acids is 1. The molecular formula is C9H5BrOS2. The third-order valence-corrected chi connectivity index (χ3v) is 3.93. The van der Waals surface area contributed by atoms with Crippen molar-refractivity contribution in [2.45, 2.75) is 4.90 Å². The van der Waals surface area contributed by atoms with Crippen molar-refractivity contribution in [1.29, 1.82) is 0 Å². The molecule has 4 heteroatoms. The van der Waals surface area contributed by atoms with Crippen LogP contribution in [0.25, 0.3) is 10.1 Å². The van der Waals surface area contributed by atoms with E-state index in [4.69, 9.17) is 0 Å². The number of carbonyl (C=O) groups is 1. The van der Waals surface area contributed by atoms with Crippen molar-refractivity contribution in [3.8, 4) is 0 Å². The predicted octanol–water partition coefficient (Wildman–Crippen LogP) is 3.77. The highest BCUT2D eigenvalue weighted by molar-refractivity contribution is 9.10. The molecule has 0 aliphatic rings. The molecule has 0 aliphatic carbocycles. The Morgan fingerprint density at radius 1 is 1.54 bits per heavy atom. The van der Waals surface area contributed by atoms with Gasteiger partial charge in [0.25, 0.3) is 0 Å². The maximum absolute atomic E-state index is 10.8. The van der Waals surface area contributed by atoms with Gasteiger partial charge in [0.05, 0.1) is 0 Å². The molecule has 0 atom stereocenters. The normalized spacial score (nSPS) is 10.6. The highest BCUT2D eigenvalue weighted by atomic mass is 79.9. The number of thiol groups is 1. The quantitative estimate of drug-likeness (QED) is 0.618. The second-order valence-corrected chi connectivity index (χ2v) is 4.82. The summed E-state index contributed by atoms with van der Waals surface area (Å²) in [5, 5.41) is 2.93. The number of halogens is 1. The third kappa shape index (κ3) is 1.43. The monoisotopic (exact) mass is 272 g/mol. The molecule has 66 valence electrons. The molecule has 0 saturated carbocycles. The van der Waals surface area contributed by atoms with Crippen molar-refractivity contribution in [2.75, 3.05) is 0 Å². The van der Waals surface area contributed by atoms with Crippen LogP contribution in [-0.4, -0.2) is 6.29 Å². The molecule has 0 saturated heterocycles. The molecule has 0 bridgehead atoms. The first-order chi connectivity index (χ1) is 6.24. The first kappa shape index (κ1) is 9.24. The van der Waals surface area contributed by atoms with E-state index in [1.807, 2.05) is 17.5 Å². The molecule has 0 N–H and O–H groups in total. The number of hydrogen-bond acceptors (Lipinski definition) is 3. The van der Waals surface area contributed by atoms with Gasteiger partial charge in [-0.15, -0.1) is 24.0 Å². The van der Waals surface area contributed by atoms with Gasteiger partial charge in [0, 0.05) is 25.0 Å². The molecule has 1 nitrogen and oxygen atoms in total. The van der Waals surface area contributed by atoms with Gasteiger partial charge in [0.1, 0.15) is 0 Å². The van der Waals surface area contributed by atoms with Gasteiger partial charge in [-0.2, -0.15) is 0 Å². The Balaban J connectivity index is 2.96. The maximum Gasteiger partial charge on any atom is 0.151 e. The minimum Gasteiger partial charge on any atom is -0.298 e. The zero-order chi connectivity index (χ0) is 9.42. The Bertz CT molecular complexity index is 476. The zero-order valence-electron chi connectivity index (χ0n) is 6.45. The summed E-state index contributed by atoms with van der Waals surface area (Å²) in [4.78, 5) is 11.7. The van der Waals surface area contributed by atoms with E-state index in [1.54, 1.807) is 11.3 Å². The van der Waals surface area contributed by atoms with Crippen LogP contribution >= 0.6 is 39.9 Å². The lowest BCUT2D eigenvalue weighted by molar-refractivity contribution is 0.112. The Morgan fingerprint density at radius 3 is 3.00 bits per heavy atom. The SMILES string of the molecule is O=Cc1c(Br)cc(S)c2sccc12. The van der Waals surface area contributed by atoms with Crippen molar-refractivity contribution in [2.24, 2.45) is 0 Å². The topological polar surface area (TPSA) is 17.1 Å². The largest absolute Gasteiger partial charge is 0.298 e. The number of aldehydes is 1. The summed E-state index contributed by atoms with van der Waals surface area (Å²) in [5.74, 6) is 0. The highest BCUT2D eigenvalue weighted by Crippen LogP contribution is 2.34. The summed E-state index contributed by atoms with van der Waals surface area (Å²) in [6.45, 7) is 0. The van der Waals surface area contributed by atoms with E-state index in [0.29, 0.717) is 5.56 Å². The average molecular weight is 273 g/mol. The van der Waals surface area contributed by atoms with Crippen molar-refractivity contribution in [1.82, 2.24) is 0 Å². The van der Waals surface area contributed by atoms with Gasteiger partial charge in [-0.3, -0.25) is 4.79 Å². The second kappa shape index (κ2) is 3.44. The summed E-state index contributed by atoms with van der Waals surface area (Å²) >= 11 is 9.27. The number of benzene rings is 1. The Kier molecular flexibility index (Phi) is 2.45. The minimum absolute atomic E-state index is 0.703. The van der Waals surface area contributed by atoms with Gasteiger partial charge in [-0.1, -0.05) is 0 Å². The van der Waals surface area contributed by atoms with Crippen LogP contribution in [0.2, 0.25) is 0 Å². The lowest BCUT2D eigenvalue weighted by atomic mass is 10.1. The van der Waals surface area contributed by atoms with E-state index in [1.165, 1.54) is 0 Å². The first-order valence-corrected chi connectivity index (χ1v) is 5.70. The second-order valence-electron chi connectivity index (χ2n) is 2.57. The van der Waals surface area contributed by atoms with Crippen molar-refractivity contribution < 1.29 is 4.79 Å². The van der Waals surface area contributed by atoms with E-state index in [-0.39, 0.29) is 0 Å². The van der Waals surface area contributed by atoms with E-state index in [9.17, 15) is 4.79 Å². The zero-order valence-corrected chi connectivity index (χ0v) is 9.75. The molecule has 1 aromatic carbocycles. The van der Waals surface area contributed by atoms with Gasteiger partial charge >= 0.3 is 0 Å². The molecule has 2 aromatic rings. The van der Waals surface area contributed by atoms with Crippen molar-refractivity contribution in [3.63, 3.8) is 0 Å². The molecule has 0 amide bonds. The van der Waals surface area contributed by atoms with Crippen LogP contribution in [0.15, 0.2) is 26.9 Å². The Morgan fingerprint density at radius 2 is 2.31 bits per heavy atom. The van der Waals surface area contributed by atoms with Crippen molar-refractivity contribution in [3.05, 3.63) is 27.5 Å². The van der Waals surface area contributed by atoms with Crippen LogP contribution in [-0.2, 0) is 0 Å². The molecule has 13 heavy (non-hydrogen) atoms. The molecule has 0 unspecified atom stereocenters. The molecule has 2 rings (SSSR count). The van der Waals surface area contributed by atoms with E-state index in [2.05, 4.69) is 28.6 Å². The van der Waals surface area contributed by atoms with Crippen LogP contribution in [0, 0.1) is 0 Å². The number of hydrogen-bond donors (Lipinski definition) is 1. The number of rotatable bonds is 1. The van der Waals surface area contributed by atoms with Gasteiger partial charge in [-0.05, 0) is 33.4 Å². The lowest BCUT2D eigenvalue weighted by Gasteiger charge is -2.01. The molecule has 0 aliphatic heterocycles. The molecule has 0 spiro atoms. The summed E-state index contributed by atoms with van der Waals surface area (Å²) in [6.07, 6.45) is 0.867. The standard InChI is InChI=1S/C9H5BrOS2/c10-7-3-8(12)9-5(1-2-13-9)6(7)4-11/h1-4,12H. The fraction of sp³-hybridized carbons (Fsp3) is 0. The average Bonchev–Trinajstić information content (AvgIpc) is 2.53. The van der Waals surface area contributed by atoms with E-state index >= 15 is 0 Å². The van der Waals surface area contributed by atoms with Gasteiger partial charge < -0.3 is 0 Å². The lowest BCUT2D eigenvalue weighted by Crippen LogP contribution is -1.83. The molecule has 1 aromatic heterocycles. The number of thiophene rings is 1. The third-order valence-electron chi connectivity index (χ3n) is 1.83. The summed E-state index contributed by atoms with van der Waals surface area (Å²) in [5.41, 5.74) is 0.703. The fourth-order valence-electron chi connectivity index (χ4n) is 1.23. The van der Waals surface area contributed by atoms with Gasteiger partial charge in [-0.25, -0.2) is 0 Å². The number of fused-ring (bicyclic) bond motifs is 1. The van der Waals surface area contributed by atoms with E-state index < -0.39 is 0 Å². The van der Waals surface area contributed by atoms with Gasteiger partial charge in [0.15, 0.2) is 6.29 Å². The first-order valence-electron chi connectivity index (χ1n) is 3.58. The van der Waals surface area contributed by atoms with Gasteiger partial charge in [0.2, 0.25) is 0 Å². The van der Waals surface area contributed by atoms with Crippen LogP contribution in [0.5, 0.6) is 0 Å². The Hall–Kier alpha value is -0.320. The minimum atomic E-state index is 0.703. The summed E-state index contributed by atoms with van der Waals surface area (Å²) in [7, 11) is 0. The molecular weight excluding hydrogens is 268 g/mol. The smallest absolute Gasteiger partial charge is 0.151 e. The molecule has 0 fully saturated rings. The van der Waals surface area contributed by atoms with E-state index in [0.717, 1.165) is 25.7 Å².